The first-order chi connectivity index (χ1) is 18.4. The maximum atomic E-state index is 12.7. The van der Waals surface area contributed by atoms with E-state index in [1.807, 2.05) is 37.3 Å². The van der Waals surface area contributed by atoms with Gasteiger partial charge in [-0.2, -0.15) is 24.7 Å². The number of carbonyl (C=O) groups excluding carboxylic acids is 1. The summed E-state index contributed by atoms with van der Waals surface area (Å²) in [7, 11) is 0. The Kier molecular flexibility index (Phi) is 6.18. The van der Waals surface area contributed by atoms with Crippen molar-refractivity contribution in [1.82, 2.24) is 19.6 Å². The summed E-state index contributed by atoms with van der Waals surface area (Å²) >= 11 is 2.64. The van der Waals surface area contributed by atoms with Crippen molar-refractivity contribution < 1.29 is 9.53 Å². The number of thioether (sulfide) groups is 1. The average molecular weight is 542 g/mol. The molecule has 0 bridgehead atoms. The summed E-state index contributed by atoms with van der Waals surface area (Å²) < 4.78 is 7.08. The second-order valence-corrected chi connectivity index (χ2v) is 10.6. The number of fused-ring (bicyclic) bond motifs is 2. The quantitative estimate of drug-likeness (QED) is 0.367. The van der Waals surface area contributed by atoms with E-state index in [9.17, 15) is 9.59 Å². The first kappa shape index (κ1) is 23.9. The highest BCUT2D eigenvalue weighted by molar-refractivity contribution is 8.26. The van der Waals surface area contributed by atoms with Gasteiger partial charge in [-0.3, -0.25) is 15.0 Å². The molecular formula is C26H19N7O3S2. The van der Waals surface area contributed by atoms with E-state index in [0.29, 0.717) is 33.6 Å². The van der Waals surface area contributed by atoms with Crippen molar-refractivity contribution in [2.45, 2.75) is 20.0 Å². The van der Waals surface area contributed by atoms with Crippen molar-refractivity contribution in [2.24, 2.45) is 10.1 Å². The van der Waals surface area contributed by atoms with Crippen LogP contribution in [-0.2, 0) is 17.8 Å². The molecule has 4 heterocycles. The van der Waals surface area contributed by atoms with Crippen LogP contribution in [0.5, 0.6) is 5.75 Å². The Morgan fingerprint density at radius 2 is 1.87 bits per heavy atom. The van der Waals surface area contributed by atoms with E-state index < -0.39 is 5.91 Å². The SMILES string of the molecule is Cc1nn2c(=O)cc(COc3ccc(/C=C4/C(=N)N5N=C(Cc6ccccc6)SC5=NC4=O)cc3)nc2s1. The first-order valence-corrected chi connectivity index (χ1v) is 13.2. The van der Waals surface area contributed by atoms with Gasteiger partial charge in [-0.1, -0.05) is 53.8 Å². The van der Waals surface area contributed by atoms with Gasteiger partial charge in [0.2, 0.25) is 10.1 Å². The van der Waals surface area contributed by atoms with Crippen LogP contribution in [0.2, 0.25) is 0 Å². The molecule has 0 radical (unpaired) electrons. The molecule has 1 N–H and O–H groups in total. The molecule has 38 heavy (non-hydrogen) atoms. The third-order valence-electron chi connectivity index (χ3n) is 5.67. The van der Waals surface area contributed by atoms with Crippen LogP contribution in [0.25, 0.3) is 11.0 Å². The van der Waals surface area contributed by atoms with E-state index in [4.69, 9.17) is 10.1 Å². The van der Waals surface area contributed by atoms with E-state index >= 15 is 0 Å². The Balaban J connectivity index is 1.15. The minimum absolute atomic E-state index is 0.0121. The zero-order valence-electron chi connectivity index (χ0n) is 20.0. The van der Waals surface area contributed by atoms with Crippen LogP contribution < -0.4 is 10.3 Å². The lowest BCUT2D eigenvalue weighted by atomic mass is 10.1. The monoisotopic (exact) mass is 541 g/mol. The Hall–Kier alpha value is -4.42. The number of carbonyl (C=O) groups is 1. The number of aliphatic imine (C=N–C) groups is 1. The topological polar surface area (TPSA) is 125 Å². The summed E-state index contributed by atoms with van der Waals surface area (Å²) in [5, 5.41) is 20.6. The molecule has 0 spiro atoms. The van der Waals surface area contributed by atoms with Gasteiger partial charge in [0.25, 0.3) is 11.5 Å². The molecule has 10 nitrogen and oxygen atoms in total. The van der Waals surface area contributed by atoms with Gasteiger partial charge in [0.05, 0.1) is 11.3 Å². The number of aryl methyl sites for hydroxylation is 1. The smallest absolute Gasteiger partial charge is 0.283 e. The molecule has 2 aliphatic heterocycles. The minimum Gasteiger partial charge on any atom is -0.487 e. The van der Waals surface area contributed by atoms with Gasteiger partial charge in [0.1, 0.15) is 22.4 Å². The standard InChI is InChI=1S/C26H19N7O3S2/c1-15-30-32-22(34)13-18(28-25(32)37-15)14-36-19-9-7-17(8-10-19)11-20-23(27)33-26(29-24(20)35)38-21(31-33)12-16-5-3-2-4-6-16/h2-11,13,27H,12,14H2,1H3/b20-11-,27-23?. The van der Waals surface area contributed by atoms with E-state index in [1.165, 1.54) is 38.7 Å². The van der Waals surface area contributed by atoms with Crippen LogP contribution in [0.4, 0.5) is 0 Å². The fraction of sp³-hybridized carbons (Fsp3) is 0.115. The van der Waals surface area contributed by atoms with Crippen LogP contribution in [0, 0.1) is 12.3 Å². The zero-order chi connectivity index (χ0) is 26.2. The summed E-state index contributed by atoms with van der Waals surface area (Å²) in [4.78, 5) is 34.0. The summed E-state index contributed by atoms with van der Waals surface area (Å²) in [5.41, 5.74) is 2.22. The molecule has 2 aromatic heterocycles. The molecule has 0 saturated heterocycles. The van der Waals surface area contributed by atoms with Crippen molar-refractivity contribution in [3.63, 3.8) is 0 Å². The molecule has 0 unspecified atom stereocenters. The van der Waals surface area contributed by atoms with Gasteiger partial charge in [0.15, 0.2) is 5.84 Å². The fourth-order valence-corrected chi connectivity index (χ4v) is 5.57. The molecule has 2 aliphatic rings. The van der Waals surface area contributed by atoms with Crippen molar-refractivity contribution >= 4 is 56.1 Å². The fourth-order valence-electron chi connectivity index (χ4n) is 3.88. The molecule has 0 aliphatic carbocycles. The number of hydrogen-bond donors (Lipinski definition) is 1. The number of nitrogens with zero attached hydrogens (tertiary/aromatic N) is 6. The summed E-state index contributed by atoms with van der Waals surface area (Å²) in [6, 6.07) is 18.4. The number of nitrogens with one attached hydrogen (secondary N) is 1. The third-order valence-corrected chi connectivity index (χ3v) is 7.40. The number of aromatic nitrogens is 3. The Bertz CT molecular complexity index is 1740. The van der Waals surface area contributed by atoms with E-state index in [-0.39, 0.29) is 23.6 Å². The highest BCUT2D eigenvalue weighted by atomic mass is 32.2. The van der Waals surface area contributed by atoms with E-state index in [2.05, 4.69) is 20.2 Å². The Morgan fingerprint density at radius 3 is 2.66 bits per heavy atom. The van der Waals surface area contributed by atoms with Crippen LogP contribution in [-0.4, -0.2) is 41.6 Å². The predicted octanol–water partition coefficient (Wildman–Crippen LogP) is 3.90. The molecule has 0 atom stereocenters. The van der Waals surface area contributed by atoms with E-state index in [0.717, 1.165) is 15.6 Å². The molecule has 0 saturated carbocycles. The average Bonchev–Trinajstić information content (AvgIpc) is 3.49. The van der Waals surface area contributed by atoms with Crippen LogP contribution in [0.3, 0.4) is 0 Å². The summed E-state index contributed by atoms with van der Waals surface area (Å²) in [6.07, 6.45) is 2.22. The molecule has 2 aromatic carbocycles. The molecule has 6 rings (SSSR count). The highest BCUT2D eigenvalue weighted by Gasteiger charge is 2.35. The van der Waals surface area contributed by atoms with Gasteiger partial charge in [-0.15, -0.1) is 0 Å². The predicted molar refractivity (Wildman–Crippen MR) is 148 cm³/mol. The van der Waals surface area contributed by atoms with Crippen LogP contribution >= 0.6 is 23.1 Å². The number of hydrazone groups is 1. The zero-order valence-corrected chi connectivity index (χ0v) is 21.6. The van der Waals surface area contributed by atoms with Gasteiger partial charge in [-0.05, 0) is 48.0 Å². The summed E-state index contributed by atoms with van der Waals surface area (Å²) in [6.45, 7) is 1.94. The third kappa shape index (κ3) is 4.78. The Morgan fingerprint density at radius 1 is 1.08 bits per heavy atom. The molecule has 0 fully saturated rings. The number of benzene rings is 2. The lowest BCUT2D eigenvalue weighted by molar-refractivity contribution is -0.114. The van der Waals surface area contributed by atoms with Gasteiger partial charge in [0, 0.05) is 12.5 Å². The van der Waals surface area contributed by atoms with Crippen molar-refractivity contribution in [3.05, 3.63) is 98.4 Å². The van der Waals surface area contributed by atoms with Crippen LogP contribution in [0.1, 0.15) is 21.8 Å². The van der Waals surface area contributed by atoms with Gasteiger partial charge in [-0.25, -0.2) is 4.98 Å². The second kappa shape index (κ2) is 9.80. The van der Waals surface area contributed by atoms with Gasteiger partial charge >= 0.3 is 0 Å². The van der Waals surface area contributed by atoms with Crippen LogP contribution in [0.15, 0.2) is 81.1 Å². The highest BCUT2D eigenvalue weighted by Crippen LogP contribution is 2.29. The largest absolute Gasteiger partial charge is 0.487 e. The van der Waals surface area contributed by atoms with E-state index in [1.54, 1.807) is 30.3 Å². The van der Waals surface area contributed by atoms with Crippen molar-refractivity contribution in [2.75, 3.05) is 0 Å². The maximum absolute atomic E-state index is 12.7. The number of amides is 1. The number of amidine groups is 2. The Labute approximate surface area is 224 Å². The normalized spacial score (nSPS) is 16.1. The van der Waals surface area contributed by atoms with Gasteiger partial charge < -0.3 is 4.74 Å². The lowest BCUT2D eigenvalue weighted by Crippen LogP contribution is -2.35. The summed E-state index contributed by atoms with van der Waals surface area (Å²) in [5.74, 6) is 0.0873. The minimum atomic E-state index is -0.476. The van der Waals surface area contributed by atoms with Crippen molar-refractivity contribution in [1.29, 1.82) is 5.41 Å². The number of hydrogen-bond acceptors (Lipinski definition) is 9. The maximum Gasteiger partial charge on any atom is 0.283 e. The molecule has 12 heteroatoms. The molecule has 1 amide bonds. The second-order valence-electron chi connectivity index (χ2n) is 8.44. The number of rotatable bonds is 6. The lowest BCUT2D eigenvalue weighted by Gasteiger charge is -2.20. The molecule has 4 aromatic rings. The molecular weight excluding hydrogens is 522 g/mol. The molecule has 188 valence electrons. The number of ether oxygens (including phenoxy) is 1. The first-order valence-electron chi connectivity index (χ1n) is 11.6. The van der Waals surface area contributed by atoms with Crippen molar-refractivity contribution in [3.8, 4) is 5.75 Å².